The Bertz CT molecular complexity index is 1220. The van der Waals surface area contributed by atoms with Crippen molar-refractivity contribution in [3.05, 3.63) is 95.6 Å². The number of rotatable bonds is 10. The maximum atomic E-state index is 12.3. The molecule has 3 aromatic carbocycles. The molecule has 2 amide bonds. The minimum Gasteiger partial charge on any atom is -0.465 e. The standard InChI is InChI=1S/C30H34N2O6S/c1-3-36-27(34)17-31-30(35)32-24-9-7-8-23(16-24)29-37-26(19-39-25-10-5-4-6-11-25)20(2)28(38-29)22-14-12-21(18-33)13-15-22/h4-16,20,26,28-29,33H,3,17-19H2,1-2H3,(H2,31,32,35). The van der Waals surface area contributed by atoms with Crippen molar-refractivity contribution in [2.75, 3.05) is 24.2 Å². The number of carbonyl (C=O) groups excluding carboxylic acids is 2. The van der Waals surface area contributed by atoms with E-state index in [1.54, 1.807) is 30.8 Å². The van der Waals surface area contributed by atoms with E-state index in [0.29, 0.717) is 5.69 Å². The molecule has 0 aliphatic carbocycles. The first kappa shape index (κ1) is 28.6. The fourth-order valence-electron chi connectivity index (χ4n) is 4.31. The van der Waals surface area contributed by atoms with E-state index in [1.165, 1.54) is 4.90 Å². The van der Waals surface area contributed by atoms with Crippen molar-refractivity contribution in [1.29, 1.82) is 0 Å². The van der Waals surface area contributed by atoms with Gasteiger partial charge in [-0.15, -0.1) is 11.8 Å². The number of hydrogen-bond acceptors (Lipinski definition) is 7. The topological polar surface area (TPSA) is 106 Å². The Labute approximate surface area is 233 Å². The summed E-state index contributed by atoms with van der Waals surface area (Å²) in [6.07, 6.45) is -1.00. The maximum Gasteiger partial charge on any atom is 0.325 e. The van der Waals surface area contributed by atoms with Gasteiger partial charge in [-0.25, -0.2) is 4.79 Å². The van der Waals surface area contributed by atoms with Crippen LogP contribution in [0.15, 0.2) is 83.8 Å². The van der Waals surface area contributed by atoms with Gasteiger partial charge in [0.05, 0.1) is 25.4 Å². The third kappa shape index (κ3) is 8.06. The highest BCUT2D eigenvalue weighted by Gasteiger charge is 2.38. The molecule has 3 aromatic rings. The molecule has 0 bridgehead atoms. The molecule has 1 aliphatic heterocycles. The summed E-state index contributed by atoms with van der Waals surface area (Å²) in [5.74, 6) is 0.300. The number of thioether (sulfide) groups is 1. The van der Waals surface area contributed by atoms with Crippen molar-refractivity contribution < 1.29 is 28.9 Å². The number of urea groups is 1. The van der Waals surface area contributed by atoms with E-state index in [-0.39, 0.29) is 37.9 Å². The minimum atomic E-state index is -0.658. The largest absolute Gasteiger partial charge is 0.465 e. The molecule has 1 heterocycles. The summed E-state index contributed by atoms with van der Waals surface area (Å²) >= 11 is 1.74. The molecule has 1 fully saturated rings. The lowest BCUT2D eigenvalue weighted by molar-refractivity contribution is -0.268. The molecule has 0 saturated carbocycles. The van der Waals surface area contributed by atoms with E-state index < -0.39 is 18.3 Å². The Hall–Kier alpha value is -3.37. The summed E-state index contributed by atoms with van der Waals surface area (Å²) in [6, 6.07) is 24.8. The van der Waals surface area contributed by atoms with Gasteiger partial charge in [-0.2, -0.15) is 0 Å². The summed E-state index contributed by atoms with van der Waals surface area (Å²) in [5, 5.41) is 14.7. The summed E-state index contributed by atoms with van der Waals surface area (Å²) < 4.78 is 17.8. The predicted octanol–water partition coefficient (Wildman–Crippen LogP) is 5.45. The van der Waals surface area contributed by atoms with Crippen LogP contribution in [0.1, 0.15) is 42.9 Å². The van der Waals surface area contributed by atoms with Gasteiger partial charge in [-0.3, -0.25) is 4.79 Å². The number of nitrogens with one attached hydrogen (secondary N) is 2. The fraction of sp³-hybridized carbons (Fsp3) is 0.333. The van der Waals surface area contributed by atoms with E-state index in [2.05, 4.69) is 29.7 Å². The number of anilines is 1. The van der Waals surface area contributed by atoms with Crippen LogP contribution in [0.5, 0.6) is 0 Å². The van der Waals surface area contributed by atoms with Gasteiger partial charge >= 0.3 is 12.0 Å². The average Bonchev–Trinajstić information content (AvgIpc) is 2.96. The van der Waals surface area contributed by atoms with Crippen molar-refractivity contribution in [2.45, 2.75) is 43.8 Å². The zero-order valence-electron chi connectivity index (χ0n) is 22.0. The van der Waals surface area contributed by atoms with Crippen LogP contribution >= 0.6 is 11.8 Å². The van der Waals surface area contributed by atoms with Crippen LogP contribution in [0.4, 0.5) is 10.5 Å². The summed E-state index contributed by atoms with van der Waals surface area (Å²) in [5.41, 5.74) is 3.15. The first-order valence-electron chi connectivity index (χ1n) is 13.0. The smallest absolute Gasteiger partial charge is 0.325 e. The third-order valence-electron chi connectivity index (χ3n) is 6.40. The highest BCUT2D eigenvalue weighted by atomic mass is 32.2. The first-order valence-corrected chi connectivity index (χ1v) is 13.9. The molecule has 1 aliphatic rings. The van der Waals surface area contributed by atoms with Crippen LogP contribution in [0.25, 0.3) is 0 Å². The fourth-order valence-corrected chi connectivity index (χ4v) is 5.40. The van der Waals surface area contributed by atoms with Gasteiger partial charge in [0.25, 0.3) is 0 Å². The van der Waals surface area contributed by atoms with Gasteiger partial charge in [-0.05, 0) is 42.3 Å². The molecule has 1 saturated heterocycles. The molecule has 9 heteroatoms. The zero-order valence-corrected chi connectivity index (χ0v) is 22.9. The Kier molecular flexibility index (Phi) is 10.4. The molecule has 0 aromatic heterocycles. The number of aliphatic hydroxyl groups excluding tert-OH is 1. The van der Waals surface area contributed by atoms with Crippen LogP contribution in [0.2, 0.25) is 0 Å². The molecule has 3 N–H and O–H groups in total. The van der Waals surface area contributed by atoms with E-state index >= 15 is 0 Å². The molecular formula is C30H34N2O6S. The van der Waals surface area contributed by atoms with Crippen molar-refractivity contribution in [1.82, 2.24) is 5.32 Å². The molecule has 8 nitrogen and oxygen atoms in total. The minimum absolute atomic E-state index is 0.0173. The van der Waals surface area contributed by atoms with Crippen LogP contribution in [0.3, 0.4) is 0 Å². The van der Waals surface area contributed by atoms with Crippen LogP contribution in [-0.2, 0) is 25.6 Å². The molecular weight excluding hydrogens is 516 g/mol. The second-order valence-electron chi connectivity index (χ2n) is 9.18. The van der Waals surface area contributed by atoms with Gasteiger partial charge in [-0.1, -0.05) is 61.5 Å². The molecule has 39 heavy (non-hydrogen) atoms. The van der Waals surface area contributed by atoms with Gasteiger partial charge in [0.1, 0.15) is 6.54 Å². The zero-order chi connectivity index (χ0) is 27.6. The lowest BCUT2D eigenvalue weighted by Gasteiger charge is -2.41. The third-order valence-corrected chi connectivity index (χ3v) is 7.50. The summed E-state index contributed by atoms with van der Waals surface area (Å²) in [6.45, 7) is 3.85. The Morgan fingerprint density at radius 2 is 1.74 bits per heavy atom. The van der Waals surface area contributed by atoms with Crippen LogP contribution < -0.4 is 10.6 Å². The van der Waals surface area contributed by atoms with E-state index in [1.807, 2.05) is 54.6 Å². The highest BCUT2D eigenvalue weighted by molar-refractivity contribution is 7.99. The average molecular weight is 551 g/mol. The van der Waals surface area contributed by atoms with E-state index in [4.69, 9.17) is 14.2 Å². The number of amides is 2. The van der Waals surface area contributed by atoms with E-state index in [0.717, 1.165) is 22.4 Å². The van der Waals surface area contributed by atoms with Crippen molar-refractivity contribution >= 4 is 29.4 Å². The van der Waals surface area contributed by atoms with Crippen molar-refractivity contribution in [3.63, 3.8) is 0 Å². The molecule has 4 unspecified atom stereocenters. The number of ether oxygens (including phenoxy) is 3. The number of benzene rings is 3. The molecule has 0 radical (unpaired) electrons. The summed E-state index contributed by atoms with van der Waals surface area (Å²) in [7, 11) is 0. The summed E-state index contributed by atoms with van der Waals surface area (Å²) in [4.78, 5) is 25.0. The monoisotopic (exact) mass is 550 g/mol. The van der Waals surface area contributed by atoms with Crippen molar-refractivity contribution in [3.8, 4) is 0 Å². The normalized spacial score (nSPS) is 20.7. The quantitative estimate of drug-likeness (QED) is 0.228. The maximum absolute atomic E-state index is 12.3. The lowest BCUT2D eigenvalue weighted by Crippen LogP contribution is -2.38. The first-order chi connectivity index (χ1) is 19.0. The van der Waals surface area contributed by atoms with Gasteiger partial charge in [0, 0.05) is 27.8 Å². The number of esters is 1. The van der Waals surface area contributed by atoms with Gasteiger partial charge in [0.2, 0.25) is 0 Å². The second-order valence-corrected chi connectivity index (χ2v) is 10.3. The molecule has 4 rings (SSSR count). The number of aliphatic hydroxyl groups is 1. The SMILES string of the molecule is CCOC(=O)CNC(=O)Nc1cccc(C2OC(CSc3ccccc3)C(C)C(c3ccc(CO)cc3)O2)c1. The lowest BCUT2D eigenvalue weighted by atomic mass is 9.91. The predicted molar refractivity (Wildman–Crippen MR) is 150 cm³/mol. The van der Waals surface area contributed by atoms with Gasteiger partial charge < -0.3 is 30.0 Å². The number of hydrogen-bond donors (Lipinski definition) is 3. The van der Waals surface area contributed by atoms with Gasteiger partial charge in [0.15, 0.2) is 6.29 Å². The highest BCUT2D eigenvalue weighted by Crippen LogP contribution is 2.43. The Balaban J connectivity index is 1.51. The Morgan fingerprint density at radius 3 is 2.46 bits per heavy atom. The molecule has 0 spiro atoms. The van der Waals surface area contributed by atoms with E-state index in [9.17, 15) is 14.7 Å². The van der Waals surface area contributed by atoms with Crippen LogP contribution in [0, 0.1) is 5.92 Å². The van der Waals surface area contributed by atoms with Crippen LogP contribution in [-0.4, -0.2) is 42.1 Å². The Morgan fingerprint density at radius 1 is 0.974 bits per heavy atom. The van der Waals surface area contributed by atoms with Crippen molar-refractivity contribution in [2.24, 2.45) is 5.92 Å². The number of carbonyl (C=O) groups is 2. The second kappa shape index (κ2) is 14.1. The molecule has 4 atom stereocenters. The molecule has 206 valence electrons.